The third-order valence-corrected chi connectivity index (χ3v) is 3.38. The molecule has 2 aromatic carbocycles. The second-order valence-corrected chi connectivity index (χ2v) is 5.15. The van der Waals surface area contributed by atoms with Gasteiger partial charge in [0.25, 0.3) is 0 Å². The molecule has 3 N–H and O–H groups in total. The van der Waals surface area contributed by atoms with Crippen LogP contribution in [-0.2, 0) is 20.9 Å². The zero-order valence-corrected chi connectivity index (χ0v) is 13.4. The second kappa shape index (κ2) is 8.69. The Morgan fingerprint density at radius 1 is 1.08 bits per heavy atom. The van der Waals surface area contributed by atoms with Crippen LogP contribution in [0.3, 0.4) is 0 Å². The molecule has 24 heavy (non-hydrogen) atoms. The fourth-order valence-corrected chi connectivity index (χ4v) is 2.15. The normalized spacial score (nSPS) is 11.5. The summed E-state index contributed by atoms with van der Waals surface area (Å²) < 4.78 is 10.4. The predicted octanol–water partition coefficient (Wildman–Crippen LogP) is 1.55. The minimum atomic E-state index is -0.872. The molecule has 2 amide bonds. The van der Waals surface area contributed by atoms with E-state index in [-0.39, 0.29) is 13.2 Å². The van der Waals surface area contributed by atoms with E-state index in [9.17, 15) is 9.59 Å². The first-order valence-corrected chi connectivity index (χ1v) is 7.44. The van der Waals surface area contributed by atoms with Crippen molar-refractivity contribution in [3.63, 3.8) is 0 Å². The van der Waals surface area contributed by atoms with Crippen molar-refractivity contribution in [1.29, 1.82) is 0 Å². The molecule has 2 aromatic rings. The van der Waals surface area contributed by atoms with E-state index >= 15 is 0 Å². The van der Waals surface area contributed by atoms with Crippen LogP contribution in [0.2, 0.25) is 0 Å². The number of nitrogens with two attached hydrogens (primary N) is 1. The summed E-state index contributed by atoms with van der Waals surface area (Å²) in [5.74, 6) is -0.274. The van der Waals surface area contributed by atoms with Crippen LogP contribution < -0.4 is 15.8 Å². The number of hydrogen-bond donors (Lipinski definition) is 2. The summed E-state index contributed by atoms with van der Waals surface area (Å²) in [6.45, 7) is 0.118. The van der Waals surface area contributed by atoms with Gasteiger partial charge >= 0.3 is 0 Å². The quantitative estimate of drug-likeness (QED) is 0.769. The van der Waals surface area contributed by atoms with Gasteiger partial charge < -0.3 is 20.5 Å². The molecule has 0 aliphatic heterocycles. The Balaban J connectivity index is 1.84. The summed E-state index contributed by atoms with van der Waals surface area (Å²) >= 11 is 0. The van der Waals surface area contributed by atoms with Gasteiger partial charge in [-0.1, -0.05) is 42.5 Å². The largest absolute Gasteiger partial charge is 0.497 e. The monoisotopic (exact) mass is 328 g/mol. The standard InChI is InChI=1S/C18H20N2O4/c1-23-15-9-7-13(8-10-15)11-24-12-16(21)20-17(18(19)22)14-5-3-2-4-6-14/h2-10,17H,11-12H2,1H3,(H2,19,22)(H,20,21). The van der Waals surface area contributed by atoms with E-state index in [0.29, 0.717) is 5.56 Å². The number of amides is 2. The molecule has 6 heteroatoms. The van der Waals surface area contributed by atoms with Gasteiger partial charge in [0.2, 0.25) is 11.8 Å². The smallest absolute Gasteiger partial charge is 0.246 e. The lowest BCUT2D eigenvalue weighted by Crippen LogP contribution is -2.39. The Labute approximate surface area is 140 Å². The molecule has 2 rings (SSSR count). The molecular formula is C18H20N2O4. The zero-order chi connectivity index (χ0) is 17.4. The van der Waals surface area contributed by atoms with Gasteiger partial charge in [0, 0.05) is 0 Å². The highest BCUT2D eigenvalue weighted by molar-refractivity contribution is 5.88. The van der Waals surface area contributed by atoms with Gasteiger partial charge in [-0.3, -0.25) is 9.59 Å². The SMILES string of the molecule is COc1ccc(COCC(=O)NC(C(N)=O)c2ccccc2)cc1. The topological polar surface area (TPSA) is 90.7 Å². The molecule has 0 saturated carbocycles. The number of carbonyl (C=O) groups excluding carboxylic acids is 2. The van der Waals surface area contributed by atoms with Crippen LogP contribution in [-0.4, -0.2) is 25.5 Å². The first kappa shape index (κ1) is 17.5. The van der Waals surface area contributed by atoms with Gasteiger partial charge in [-0.2, -0.15) is 0 Å². The number of hydrogen-bond acceptors (Lipinski definition) is 4. The van der Waals surface area contributed by atoms with Crippen LogP contribution in [0.4, 0.5) is 0 Å². The van der Waals surface area contributed by atoms with E-state index in [2.05, 4.69) is 5.32 Å². The van der Waals surface area contributed by atoms with Gasteiger partial charge in [0.1, 0.15) is 18.4 Å². The Morgan fingerprint density at radius 2 is 1.75 bits per heavy atom. The second-order valence-electron chi connectivity index (χ2n) is 5.15. The lowest BCUT2D eigenvalue weighted by molar-refractivity contribution is -0.130. The summed E-state index contributed by atoms with van der Waals surface area (Å²) in [4.78, 5) is 23.5. The number of ether oxygens (including phenoxy) is 2. The van der Waals surface area contributed by atoms with E-state index in [1.807, 2.05) is 30.3 Å². The van der Waals surface area contributed by atoms with Crippen LogP contribution in [0.5, 0.6) is 5.75 Å². The highest BCUT2D eigenvalue weighted by atomic mass is 16.5. The summed E-state index contributed by atoms with van der Waals surface area (Å²) in [7, 11) is 1.59. The van der Waals surface area contributed by atoms with Crippen molar-refractivity contribution in [2.75, 3.05) is 13.7 Å². The molecular weight excluding hydrogens is 308 g/mol. The first-order chi connectivity index (χ1) is 11.6. The van der Waals surface area contributed by atoms with Crippen molar-refractivity contribution in [2.24, 2.45) is 5.73 Å². The molecule has 0 heterocycles. The lowest BCUT2D eigenvalue weighted by Gasteiger charge is -2.16. The molecule has 0 radical (unpaired) electrons. The van der Waals surface area contributed by atoms with Crippen LogP contribution in [0, 0.1) is 0 Å². The minimum Gasteiger partial charge on any atom is -0.497 e. The molecule has 0 spiro atoms. The molecule has 1 unspecified atom stereocenters. The van der Waals surface area contributed by atoms with Gasteiger partial charge in [-0.25, -0.2) is 0 Å². The maximum atomic E-state index is 12.0. The van der Waals surface area contributed by atoms with Crippen LogP contribution in [0.15, 0.2) is 54.6 Å². The highest BCUT2D eigenvalue weighted by Gasteiger charge is 2.19. The Morgan fingerprint density at radius 3 is 2.33 bits per heavy atom. The van der Waals surface area contributed by atoms with Crippen molar-refractivity contribution in [1.82, 2.24) is 5.32 Å². The van der Waals surface area contributed by atoms with E-state index in [1.54, 1.807) is 31.4 Å². The van der Waals surface area contributed by atoms with Gasteiger partial charge in [0.15, 0.2) is 0 Å². The summed E-state index contributed by atoms with van der Waals surface area (Å²) in [5, 5.41) is 2.58. The molecule has 1 atom stereocenters. The predicted molar refractivity (Wildman–Crippen MR) is 89.2 cm³/mol. The molecule has 0 aliphatic rings. The average molecular weight is 328 g/mol. The molecule has 126 valence electrons. The van der Waals surface area contributed by atoms with Crippen molar-refractivity contribution in [3.05, 3.63) is 65.7 Å². The average Bonchev–Trinajstić information content (AvgIpc) is 2.61. The number of nitrogens with one attached hydrogen (secondary N) is 1. The molecule has 0 aliphatic carbocycles. The third kappa shape index (κ3) is 5.10. The summed E-state index contributed by atoms with van der Waals surface area (Å²) in [6, 6.07) is 15.3. The van der Waals surface area contributed by atoms with Gasteiger partial charge in [-0.15, -0.1) is 0 Å². The molecule has 6 nitrogen and oxygen atoms in total. The number of benzene rings is 2. The molecule has 0 fully saturated rings. The van der Waals surface area contributed by atoms with E-state index in [1.165, 1.54) is 0 Å². The molecule has 0 aromatic heterocycles. The maximum Gasteiger partial charge on any atom is 0.246 e. The number of rotatable bonds is 8. The lowest BCUT2D eigenvalue weighted by atomic mass is 10.1. The number of methoxy groups -OCH3 is 1. The number of primary amides is 1. The van der Waals surface area contributed by atoms with E-state index in [4.69, 9.17) is 15.2 Å². The first-order valence-electron chi connectivity index (χ1n) is 7.44. The minimum absolute atomic E-state index is 0.164. The molecule has 0 saturated heterocycles. The molecule has 0 bridgehead atoms. The Hall–Kier alpha value is -2.86. The Bertz CT molecular complexity index is 671. The third-order valence-electron chi connectivity index (χ3n) is 3.38. The Kier molecular flexibility index (Phi) is 6.33. The zero-order valence-electron chi connectivity index (χ0n) is 13.4. The fourth-order valence-electron chi connectivity index (χ4n) is 2.15. The van der Waals surface area contributed by atoms with Gasteiger partial charge in [0.05, 0.1) is 13.7 Å². The summed E-state index contributed by atoms with van der Waals surface area (Å²) in [5.41, 5.74) is 6.91. The fraction of sp³-hybridized carbons (Fsp3) is 0.222. The van der Waals surface area contributed by atoms with Crippen LogP contribution >= 0.6 is 0 Å². The van der Waals surface area contributed by atoms with Crippen LogP contribution in [0.1, 0.15) is 17.2 Å². The highest BCUT2D eigenvalue weighted by Crippen LogP contribution is 2.13. The van der Waals surface area contributed by atoms with E-state index < -0.39 is 17.9 Å². The van der Waals surface area contributed by atoms with Gasteiger partial charge in [-0.05, 0) is 23.3 Å². The van der Waals surface area contributed by atoms with Crippen molar-refractivity contribution >= 4 is 11.8 Å². The van der Waals surface area contributed by atoms with Crippen molar-refractivity contribution in [2.45, 2.75) is 12.6 Å². The van der Waals surface area contributed by atoms with Crippen molar-refractivity contribution in [3.8, 4) is 5.75 Å². The van der Waals surface area contributed by atoms with Crippen LogP contribution in [0.25, 0.3) is 0 Å². The maximum absolute atomic E-state index is 12.0. The summed E-state index contributed by atoms with van der Waals surface area (Å²) in [6.07, 6.45) is 0. The number of carbonyl (C=O) groups is 2. The van der Waals surface area contributed by atoms with Crippen molar-refractivity contribution < 1.29 is 19.1 Å². The van der Waals surface area contributed by atoms with E-state index in [0.717, 1.165) is 11.3 Å².